The molecule has 0 saturated carbocycles. The van der Waals surface area contributed by atoms with E-state index in [4.69, 9.17) is 17.3 Å². The summed E-state index contributed by atoms with van der Waals surface area (Å²) in [5, 5.41) is 0.447. The molecule has 0 radical (unpaired) electrons. The topological polar surface area (TPSA) is 63.4 Å². The van der Waals surface area contributed by atoms with Crippen LogP contribution in [0.5, 0.6) is 0 Å². The van der Waals surface area contributed by atoms with Crippen molar-refractivity contribution in [2.45, 2.75) is 11.8 Å². The second-order valence-corrected chi connectivity index (χ2v) is 5.90. The first-order valence-corrected chi connectivity index (χ1v) is 6.64. The van der Waals surface area contributed by atoms with Crippen molar-refractivity contribution in [1.29, 1.82) is 0 Å². The van der Waals surface area contributed by atoms with E-state index in [1.807, 2.05) is 0 Å². The first-order valence-electron chi connectivity index (χ1n) is 4.82. The third-order valence-corrected chi connectivity index (χ3v) is 4.76. The monoisotopic (exact) mass is 262 g/mol. The van der Waals surface area contributed by atoms with Crippen molar-refractivity contribution in [1.82, 2.24) is 4.31 Å². The van der Waals surface area contributed by atoms with Gasteiger partial charge in [0.15, 0.2) is 0 Å². The van der Waals surface area contributed by atoms with Crippen LogP contribution in [0.15, 0.2) is 23.1 Å². The average molecular weight is 263 g/mol. The molecule has 0 aromatic heterocycles. The van der Waals surface area contributed by atoms with Crippen molar-refractivity contribution < 1.29 is 8.42 Å². The van der Waals surface area contributed by atoms with E-state index in [-0.39, 0.29) is 18.0 Å². The fourth-order valence-corrected chi connectivity index (χ4v) is 3.00. The Labute approximate surface area is 101 Å². The summed E-state index contributed by atoms with van der Waals surface area (Å²) in [5.41, 5.74) is 5.90. The van der Waals surface area contributed by atoms with Crippen molar-refractivity contribution in [3.63, 3.8) is 0 Å². The molecule has 6 heteroatoms. The molecule has 4 nitrogen and oxygen atoms in total. The second-order valence-electron chi connectivity index (χ2n) is 3.48. The molecule has 0 aliphatic carbocycles. The molecule has 0 spiro atoms. The maximum absolute atomic E-state index is 12.1. The van der Waals surface area contributed by atoms with Gasteiger partial charge in [0, 0.05) is 25.2 Å². The Morgan fingerprint density at radius 3 is 2.62 bits per heavy atom. The molecule has 1 rings (SSSR count). The van der Waals surface area contributed by atoms with Gasteiger partial charge in [0.2, 0.25) is 10.0 Å². The van der Waals surface area contributed by atoms with E-state index < -0.39 is 10.0 Å². The lowest BCUT2D eigenvalue weighted by Crippen LogP contribution is -2.32. The summed E-state index contributed by atoms with van der Waals surface area (Å²) in [6.45, 7) is 2.26. The first-order chi connectivity index (χ1) is 7.41. The van der Waals surface area contributed by atoms with E-state index >= 15 is 0 Å². The highest BCUT2D eigenvalue weighted by molar-refractivity contribution is 7.89. The Hall–Kier alpha value is -0.620. The molecular formula is C10H15ClN2O2S. The van der Waals surface area contributed by atoms with Gasteiger partial charge in [-0.25, -0.2) is 8.42 Å². The van der Waals surface area contributed by atoms with Crippen molar-refractivity contribution in [3.05, 3.63) is 28.8 Å². The van der Waals surface area contributed by atoms with Crippen LogP contribution in [0.4, 0.5) is 0 Å². The van der Waals surface area contributed by atoms with E-state index in [1.54, 1.807) is 25.1 Å². The minimum absolute atomic E-state index is 0.232. The summed E-state index contributed by atoms with van der Waals surface area (Å²) in [5.74, 6) is 0. The molecule has 0 aliphatic rings. The Morgan fingerprint density at radius 1 is 1.44 bits per heavy atom. The average Bonchev–Trinajstić information content (AvgIpc) is 2.22. The van der Waals surface area contributed by atoms with Crippen LogP contribution in [0.25, 0.3) is 0 Å². The molecule has 16 heavy (non-hydrogen) atoms. The molecule has 2 N–H and O–H groups in total. The molecule has 1 aromatic rings. The predicted octanol–water partition coefficient (Wildman–Crippen LogP) is 1.23. The Bertz CT molecular complexity index is 474. The number of benzene rings is 1. The quantitative estimate of drug-likeness (QED) is 0.888. The molecule has 0 bridgehead atoms. The highest BCUT2D eigenvalue weighted by Crippen LogP contribution is 2.24. The minimum Gasteiger partial charge on any atom is -0.329 e. The van der Waals surface area contributed by atoms with Crippen LogP contribution in [0.2, 0.25) is 5.02 Å². The van der Waals surface area contributed by atoms with Crippen LogP contribution >= 0.6 is 11.6 Å². The molecule has 0 heterocycles. The maximum atomic E-state index is 12.1. The van der Waals surface area contributed by atoms with E-state index in [0.717, 1.165) is 0 Å². The fraction of sp³-hybridized carbons (Fsp3) is 0.400. The summed E-state index contributed by atoms with van der Waals surface area (Å²) < 4.78 is 25.4. The normalized spacial score (nSPS) is 12.1. The smallest absolute Gasteiger partial charge is 0.243 e. The zero-order valence-corrected chi connectivity index (χ0v) is 10.8. The number of hydrogen-bond acceptors (Lipinski definition) is 3. The molecule has 0 fully saturated rings. The SMILES string of the molecule is Cc1c(Cl)cccc1S(=O)(=O)N(C)CCN. The molecule has 0 amide bonds. The van der Waals surface area contributed by atoms with Gasteiger partial charge in [-0.3, -0.25) is 0 Å². The Kier molecular flexibility index (Phi) is 4.32. The standard InChI is InChI=1S/C10H15ClN2O2S/c1-8-9(11)4-3-5-10(8)16(14,15)13(2)7-6-12/h3-5H,6-7,12H2,1-2H3. The lowest BCUT2D eigenvalue weighted by atomic mass is 10.2. The number of nitrogens with two attached hydrogens (primary N) is 1. The van der Waals surface area contributed by atoms with Gasteiger partial charge in [0.05, 0.1) is 4.90 Å². The van der Waals surface area contributed by atoms with E-state index in [1.165, 1.54) is 11.4 Å². The largest absolute Gasteiger partial charge is 0.329 e. The van der Waals surface area contributed by atoms with Gasteiger partial charge in [-0.05, 0) is 24.6 Å². The Morgan fingerprint density at radius 2 is 2.06 bits per heavy atom. The number of likely N-dealkylation sites (N-methyl/N-ethyl adjacent to an activating group) is 1. The molecule has 0 saturated heterocycles. The van der Waals surface area contributed by atoms with Gasteiger partial charge < -0.3 is 5.73 Å². The molecule has 0 aliphatic heterocycles. The fourth-order valence-electron chi connectivity index (χ4n) is 1.34. The van der Waals surface area contributed by atoms with Gasteiger partial charge in [0.1, 0.15) is 0 Å². The first kappa shape index (κ1) is 13.4. The third kappa shape index (κ3) is 2.55. The molecule has 90 valence electrons. The highest BCUT2D eigenvalue weighted by atomic mass is 35.5. The van der Waals surface area contributed by atoms with Gasteiger partial charge in [-0.1, -0.05) is 17.7 Å². The van der Waals surface area contributed by atoms with E-state index in [0.29, 0.717) is 10.6 Å². The highest BCUT2D eigenvalue weighted by Gasteiger charge is 2.22. The molecule has 0 atom stereocenters. The second kappa shape index (κ2) is 5.14. The molecular weight excluding hydrogens is 248 g/mol. The van der Waals surface area contributed by atoms with Gasteiger partial charge in [0.25, 0.3) is 0 Å². The number of rotatable bonds is 4. The minimum atomic E-state index is -3.49. The van der Waals surface area contributed by atoms with Crippen LogP contribution in [0, 0.1) is 6.92 Å². The van der Waals surface area contributed by atoms with Crippen molar-refractivity contribution in [2.24, 2.45) is 5.73 Å². The predicted molar refractivity (Wildman–Crippen MR) is 65.1 cm³/mol. The van der Waals surface area contributed by atoms with Gasteiger partial charge >= 0.3 is 0 Å². The summed E-state index contributed by atoms with van der Waals surface area (Å²) in [4.78, 5) is 0.232. The van der Waals surface area contributed by atoms with Crippen molar-refractivity contribution in [2.75, 3.05) is 20.1 Å². The Balaban J connectivity index is 3.22. The summed E-state index contributed by atoms with van der Waals surface area (Å²) in [7, 11) is -1.98. The van der Waals surface area contributed by atoms with Crippen molar-refractivity contribution in [3.8, 4) is 0 Å². The zero-order valence-electron chi connectivity index (χ0n) is 9.27. The van der Waals surface area contributed by atoms with Crippen LogP contribution < -0.4 is 5.73 Å². The zero-order chi connectivity index (χ0) is 12.3. The van der Waals surface area contributed by atoms with Crippen molar-refractivity contribution >= 4 is 21.6 Å². The van der Waals surface area contributed by atoms with Crippen LogP contribution in [-0.2, 0) is 10.0 Å². The molecule has 1 aromatic carbocycles. The number of hydrogen-bond donors (Lipinski definition) is 1. The maximum Gasteiger partial charge on any atom is 0.243 e. The van der Waals surface area contributed by atoms with Gasteiger partial charge in [-0.15, -0.1) is 0 Å². The lowest BCUT2D eigenvalue weighted by molar-refractivity contribution is 0.476. The summed E-state index contributed by atoms with van der Waals surface area (Å²) in [6, 6.07) is 4.83. The summed E-state index contributed by atoms with van der Waals surface area (Å²) >= 11 is 5.89. The van der Waals surface area contributed by atoms with Crippen LogP contribution in [0.3, 0.4) is 0 Å². The number of halogens is 1. The summed E-state index contributed by atoms with van der Waals surface area (Å²) in [6.07, 6.45) is 0. The van der Waals surface area contributed by atoms with E-state index in [2.05, 4.69) is 0 Å². The third-order valence-electron chi connectivity index (χ3n) is 2.35. The number of nitrogens with zero attached hydrogens (tertiary/aromatic N) is 1. The van der Waals surface area contributed by atoms with E-state index in [9.17, 15) is 8.42 Å². The number of sulfonamides is 1. The van der Waals surface area contributed by atoms with Gasteiger partial charge in [-0.2, -0.15) is 4.31 Å². The lowest BCUT2D eigenvalue weighted by Gasteiger charge is -2.17. The van der Waals surface area contributed by atoms with Crippen LogP contribution in [-0.4, -0.2) is 32.9 Å². The molecule has 0 unspecified atom stereocenters. The van der Waals surface area contributed by atoms with Crippen LogP contribution in [0.1, 0.15) is 5.56 Å².